The van der Waals surface area contributed by atoms with Crippen LogP contribution in [0.1, 0.15) is 6.42 Å². The Balaban J connectivity index is 2.06. The quantitative estimate of drug-likeness (QED) is 0.348. The van der Waals surface area contributed by atoms with Crippen molar-refractivity contribution in [3.8, 4) is 0 Å². The van der Waals surface area contributed by atoms with Crippen molar-refractivity contribution in [1.82, 2.24) is 5.06 Å². The molecule has 3 atom stereocenters. The van der Waals surface area contributed by atoms with Crippen molar-refractivity contribution < 1.29 is 19.2 Å². The molecule has 0 radical (unpaired) electrons. The lowest BCUT2D eigenvalue weighted by molar-refractivity contribution is -0.187. The van der Waals surface area contributed by atoms with Crippen LogP contribution < -0.4 is 5.73 Å². The van der Waals surface area contributed by atoms with Crippen LogP contribution in [-0.2, 0) is 19.2 Å². The number of hydrogen-bond donors (Lipinski definition) is 1. The van der Waals surface area contributed by atoms with E-state index in [-0.39, 0.29) is 12.6 Å². The van der Waals surface area contributed by atoms with Crippen LogP contribution in [0.3, 0.4) is 0 Å². The van der Waals surface area contributed by atoms with Gasteiger partial charge in [-0.05, 0) is 0 Å². The highest BCUT2D eigenvalue weighted by atomic mass is 16.8. The molecule has 0 bridgehead atoms. The summed E-state index contributed by atoms with van der Waals surface area (Å²) in [7, 11) is 0. The van der Waals surface area contributed by atoms with E-state index < -0.39 is 18.0 Å². The van der Waals surface area contributed by atoms with Gasteiger partial charge in [-0.2, -0.15) is 0 Å². The molecule has 0 amide bonds. The maximum Gasteiger partial charge on any atom is 0.342 e. The van der Waals surface area contributed by atoms with E-state index in [2.05, 4.69) is 0 Å². The summed E-state index contributed by atoms with van der Waals surface area (Å²) in [6, 6.07) is -0.904. The number of fused-ring (bicyclic) bond motifs is 1. The van der Waals surface area contributed by atoms with Crippen molar-refractivity contribution >= 4 is 11.9 Å². The van der Waals surface area contributed by atoms with Gasteiger partial charge in [-0.15, -0.1) is 0 Å². The molecule has 2 N–H and O–H groups in total. The number of rotatable bonds is 0. The second-order valence-corrected chi connectivity index (χ2v) is 2.77. The molecule has 0 saturated carbocycles. The number of ether oxygens (including phenoxy) is 1. The maximum atomic E-state index is 11.0. The summed E-state index contributed by atoms with van der Waals surface area (Å²) >= 11 is 0. The van der Waals surface area contributed by atoms with E-state index in [4.69, 9.17) is 15.3 Å². The van der Waals surface area contributed by atoms with E-state index in [0.717, 1.165) is 0 Å². The Hall–Kier alpha value is -1.14. The highest BCUT2D eigenvalue weighted by Gasteiger charge is 2.45. The van der Waals surface area contributed by atoms with Gasteiger partial charge in [0.1, 0.15) is 6.04 Å². The molecule has 0 aromatic heterocycles. The van der Waals surface area contributed by atoms with E-state index in [9.17, 15) is 9.59 Å². The Morgan fingerprint density at radius 3 is 3.00 bits per heavy atom. The summed E-state index contributed by atoms with van der Waals surface area (Å²) in [5, 5.41) is 1.28. The topological polar surface area (TPSA) is 81.6 Å². The van der Waals surface area contributed by atoms with Crippen LogP contribution >= 0.6 is 0 Å². The Morgan fingerprint density at radius 1 is 1.50 bits per heavy atom. The first-order chi connectivity index (χ1) is 5.66. The fraction of sp³-hybridized carbons (Fsp3) is 0.667. The molecular weight excluding hydrogens is 164 g/mol. The van der Waals surface area contributed by atoms with Gasteiger partial charge < -0.3 is 15.3 Å². The maximum absolute atomic E-state index is 11.0. The zero-order valence-corrected chi connectivity index (χ0v) is 6.23. The fourth-order valence-electron chi connectivity index (χ4n) is 0.945. The molecule has 2 saturated heterocycles. The minimum Gasteiger partial charge on any atom is -0.442 e. The van der Waals surface area contributed by atoms with Crippen LogP contribution in [0, 0.1) is 0 Å². The van der Waals surface area contributed by atoms with Crippen molar-refractivity contribution in [2.24, 2.45) is 5.73 Å². The number of nitrogens with zero attached hydrogens (tertiary/aromatic N) is 1. The third-order valence-corrected chi connectivity index (χ3v) is 1.69. The third-order valence-electron chi connectivity index (χ3n) is 1.69. The summed E-state index contributed by atoms with van der Waals surface area (Å²) in [6.45, 7) is 0.449. The first kappa shape index (κ1) is 7.51. The van der Waals surface area contributed by atoms with Gasteiger partial charge in [0.05, 0.1) is 13.0 Å². The Labute approximate surface area is 68.2 Å². The van der Waals surface area contributed by atoms with Crippen molar-refractivity contribution in [2.75, 3.05) is 6.54 Å². The second-order valence-electron chi connectivity index (χ2n) is 2.77. The number of carbonyl (C=O) groups is 2. The lowest BCUT2D eigenvalue weighted by atomic mass is 10.2. The molecule has 2 heterocycles. The van der Waals surface area contributed by atoms with Crippen LogP contribution in [0.15, 0.2) is 0 Å². The zero-order chi connectivity index (χ0) is 8.72. The van der Waals surface area contributed by atoms with Crippen molar-refractivity contribution in [3.05, 3.63) is 0 Å². The van der Waals surface area contributed by atoms with Crippen LogP contribution in [0.25, 0.3) is 0 Å². The summed E-state index contributed by atoms with van der Waals surface area (Å²) in [4.78, 5) is 26.6. The van der Waals surface area contributed by atoms with Gasteiger partial charge in [0.2, 0.25) is 6.23 Å². The van der Waals surface area contributed by atoms with Crippen LogP contribution in [0.5, 0.6) is 0 Å². The summed E-state index contributed by atoms with van der Waals surface area (Å²) < 4.78 is 4.81. The number of carbonyl (C=O) groups excluding carboxylic acids is 2. The molecule has 3 unspecified atom stereocenters. The molecule has 2 aliphatic heterocycles. The molecular formula is C6H8N2O4. The standard InChI is InChI=1S/C6H8N2O4/c7-3-1-5(9)11-4-2-8(4)12-6(3)10/h3-4H,1-2,7H2. The first-order valence-corrected chi connectivity index (χ1v) is 3.60. The Morgan fingerprint density at radius 2 is 2.25 bits per heavy atom. The zero-order valence-electron chi connectivity index (χ0n) is 6.23. The van der Waals surface area contributed by atoms with Crippen molar-refractivity contribution in [3.63, 3.8) is 0 Å². The van der Waals surface area contributed by atoms with Gasteiger partial charge in [-0.25, -0.2) is 4.79 Å². The Bertz CT molecular complexity index is 242. The fourth-order valence-corrected chi connectivity index (χ4v) is 0.945. The molecule has 2 aliphatic rings. The SMILES string of the molecule is NC1CC(=O)OC2CN2OC1=O. The predicted octanol–water partition coefficient (Wildman–Crippen LogP) is -1.64. The van der Waals surface area contributed by atoms with E-state index in [0.29, 0.717) is 6.54 Å². The average Bonchev–Trinajstić information content (AvgIpc) is 2.65. The minimum atomic E-state index is -0.904. The van der Waals surface area contributed by atoms with E-state index in [1.165, 1.54) is 5.06 Å². The predicted molar refractivity (Wildman–Crippen MR) is 35.3 cm³/mol. The smallest absolute Gasteiger partial charge is 0.342 e. The molecule has 0 spiro atoms. The van der Waals surface area contributed by atoms with Crippen LogP contribution in [-0.4, -0.2) is 35.8 Å². The van der Waals surface area contributed by atoms with Gasteiger partial charge in [0, 0.05) is 0 Å². The molecule has 12 heavy (non-hydrogen) atoms. The van der Waals surface area contributed by atoms with E-state index in [1.54, 1.807) is 0 Å². The van der Waals surface area contributed by atoms with Crippen LogP contribution in [0.2, 0.25) is 0 Å². The number of esters is 1. The molecule has 0 aliphatic carbocycles. The number of hydroxylamine groups is 2. The highest BCUT2D eigenvalue weighted by molar-refractivity contribution is 5.83. The number of nitrogens with two attached hydrogens (primary N) is 1. The van der Waals surface area contributed by atoms with Crippen molar-refractivity contribution in [2.45, 2.75) is 18.7 Å². The third kappa shape index (κ3) is 1.26. The van der Waals surface area contributed by atoms with Gasteiger partial charge in [-0.1, -0.05) is 5.06 Å². The lowest BCUT2D eigenvalue weighted by Gasteiger charge is -2.14. The Kier molecular flexibility index (Phi) is 1.52. The monoisotopic (exact) mass is 172 g/mol. The van der Waals surface area contributed by atoms with Crippen LogP contribution in [0.4, 0.5) is 0 Å². The minimum absolute atomic E-state index is 0.108. The number of hydrogen-bond acceptors (Lipinski definition) is 6. The molecule has 66 valence electrons. The van der Waals surface area contributed by atoms with Gasteiger partial charge >= 0.3 is 11.9 Å². The summed E-state index contributed by atoms with van der Waals surface area (Å²) in [5.74, 6) is -1.03. The van der Waals surface area contributed by atoms with Gasteiger partial charge in [0.25, 0.3) is 0 Å². The van der Waals surface area contributed by atoms with Crippen molar-refractivity contribution in [1.29, 1.82) is 0 Å². The van der Waals surface area contributed by atoms with E-state index in [1.807, 2.05) is 0 Å². The highest BCUT2D eigenvalue weighted by Crippen LogP contribution is 2.22. The van der Waals surface area contributed by atoms with E-state index >= 15 is 0 Å². The molecule has 0 aromatic carbocycles. The molecule has 6 nitrogen and oxygen atoms in total. The normalized spacial score (nSPS) is 40.2. The van der Waals surface area contributed by atoms with Gasteiger partial charge in [0.15, 0.2) is 0 Å². The average molecular weight is 172 g/mol. The second kappa shape index (κ2) is 2.43. The van der Waals surface area contributed by atoms with Gasteiger partial charge in [-0.3, -0.25) is 4.79 Å². The molecule has 6 heteroatoms. The largest absolute Gasteiger partial charge is 0.442 e. The summed E-state index contributed by atoms with van der Waals surface area (Å²) in [5.41, 5.74) is 5.32. The first-order valence-electron chi connectivity index (χ1n) is 3.60. The lowest BCUT2D eigenvalue weighted by Crippen LogP contribution is -2.38. The molecule has 2 fully saturated rings. The summed E-state index contributed by atoms with van der Waals surface area (Å²) in [6.07, 6.45) is -0.489. The molecule has 0 aromatic rings. The molecule has 2 rings (SSSR count).